The van der Waals surface area contributed by atoms with Crippen molar-refractivity contribution in [1.29, 1.82) is 0 Å². The summed E-state index contributed by atoms with van der Waals surface area (Å²) < 4.78 is 5.48. The molecule has 2 N–H and O–H groups in total. The Morgan fingerprint density at radius 1 is 1.56 bits per heavy atom. The lowest BCUT2D eigenvalue weighted by Crippen LogP contribution is -2.50. The number of nitrogens with zero attached hydrogens (tertiary/aromatic N) is 1. The van der Waals surface area contributed by atoms with Crippen LogP contribution in [0.4, 0.5) is 0 Å². The molecule has 0 aromatic carbocycles. The summed E-state index contributed by atoms with van der Waals surface area (Å²) >= 11 is 0. The number of piperidine rings is 1. The van der Waals surface area contributed by atoms with E-state index in [1.165, 1.54) is 6.42 Å². The minimum atomic E-state index is 0.191. The molecule has 4 heteroatoms. The molecule has 0 aromatic rings. The Morgan fingerprint density at radius 3 is 2.88 bits per heavy atom. The van der Waals surface area contributed by atoms with Crippen molar-refractivity contribution in [1.82, 2.24) is 10.2 Å². The fraction of sp³-hybridized carbons (Fsp3) is 1.00. The van der Waals surface area contributed by atoms with Crippen LogP contribution < -0.4 is 5.32 Å². The highest BCUT2D eigenvalue weighted by Gasteiger charge is 2.26. The van der Waals surface area contributed by atoms with Gasteiger partial charge in [0, 0.05) is 26.2 Å². The number of hydrogen-bond acceptors (Lipinski definition) is 4. The summed E-state index contributed by atoms with van der Waals surface area (Å²) in [4.78, 5) is 2.39. The fourth-order valence-electron chi connectivity index (χ4n) is 2.36. The van der Waals surface area contributed by atoms with E-state index < -0.39 is 0 Å². The van der Waals surface area contributed by atoms with E-state index in [1.54, 1.807) is 7.11 Å². The highest BCUT2D eigenvalue weighted by Crippen LogP contribution is 2.19. The molecule has 1 saturated heterocycles. The van der Waals surface area contributed by atoms with E-state index >= 15 is 0 Å². The third-order valence-electron chi connectivity index (χ3n) is 3.47. The molecule has 0 spiro atoms. The molecule has 0 amide bonds. The highest BCUT2D eigenvalue weighted by atomic mass is 16.5. The second-order valence-corrected chi connectivity index (χ2v) is 4.74. The molecule has 0 radical (unpaired) electrons. The summed E-state index contributed by atoms with van der Waals surface area (Å²) in [5.74, 6) is 0.646. The number of aliphatic hydroxyl groups excluding tert-OH is 1. The summed E-state index contributed by atoms with van der Waals surface area (Å²) in [6.45, 7) is 8.44. The predicted octanol–water partition coefficient (Wildman–Crippen LogP) is 0.314. The molecular weight excluding hydrogens is 204 g/mol. The molecule has 96 valence electrons. The largest absolute Gasteiger partial charge is 0.395 e. The number of hydrogen-bond donors (Lipinski definition) is 2. The molecule has 1 fully saturated rings. The molecule has 1 heterocycles. The van der Waals surface area contributed by atoms with Gasteiger partial charge in [-0.1, -0.05) is 13.8 Å². The lowest BCUT2D eigenvalue weighted by molar-refractivity contribution is -0.00914. The van der Waals surface area contributed by atoms with E-state index in [1.807, 2.05) is 0 Å². The van der Waals surface area contributed by atoms with Gasteiger partial charge in [-0.15, -0.1) is 0 Å². The molecule has 0 bridgehead atoms. The summed E-state index contributed by atoms with van der Waals surface area (Å²) in [5.41, 5.74) is 0. The van der Waals surface area contributed by atoms with Crippen LogP contribution in [0.25, 0.3) is 0 Å². The van der Waals surface area contributed by atoms with Gasteiger partial charge in [0.25, 0.3) is 0 Å². The van der Waals surface area contributed by atoms with Crippen molar-refractivity contribution in [3.05, 3.63) is 0 Å². The number of methoxy groups -OCH3 is 1. The minimum absolute atomic E-state index is 0.191. The Hall–Kier alpha value is -0.160. The van der Waals surface area contributed by atoms with Crippen molar-refractivity contribution < 1.29 is 9.84 Å². The standard InChI is InChI=1S/C12H26N2O2/c1-4-13-11(9-15)7-14-6-5-10(2)12(8-14)16-3/h10-13,15H,4-9H2,1-3H3. The molecule has 3 unspecified atom stereocenters. The van der Waals surface area contributed by atoms with E-state index in [9.17, 15) is 5.11 Å². The summed E-state index contributed by atoms with van der Waals surface area (Å²) in [6, 6.07) is 0.191. The van der Waals surface area contributed by atoms with Crippen LogP contribution in [0, 0.1) is 5.92 Å². The predicted molar refractivity (Wildman–Crippen MR) is 65.6 cm³/mol. The normalized spacial score (nSPS) is 29.2. The summed E-state index contributed by atoms with van der Waals surface area (Å²) in [6.07, 6.45) is 1.53. The molecule has 16 heavy (non-hydrogen) atoms. The fourth-order valence-corrected chi connectivity index (χ4v) is 2.36. The molecule has 1 aliphatic heterocycles. The number of aliphatic hydroxyl groups is 1. The molecular formula is C12H26N2O2. The lowest BCUT2D eigenvalue weighted by atomic mass is 9.95. The van der Waals surface area contributed by atoms with Crippen LogP contribution in [0.1, 0.15) is 20.3 Å². The van der Waals surface area contributed by atoms with Gasteiger partial charge in [-0.05, 0) is 25.4 Å². The van der Waals surface area contributed by atoms with Gasteiger partial charge in [0.2, 0.25) is 0 Å². The zero-order valence-corrected chi connectivity index (χ0v) is 10.8. The first-order chi connectivity index (χ1) is 7.71. The summed E-state index contributed by atoms with van der Waals surface area (Å²) in [7, 11) is 1.79. The first-order valence-corrected chi connectivity index (χ1v) is 6.30. The third-order valence-corrected chi connectivity index (χ3v) is 3.47. The Kier molecular flexibility index (Phi) is 6.28. The Labute approximate surface area is 99.0 Å². The maximum absolute atomic E-state index is 9.24. The zero-order valence-electron chi connectivity index (χ0n) is 10.8. The number of rotatable bonds is 6. The number of likely N-dealkylation sites (N-methyl/N-ethyl adjacent to an activating group) is 1. The molecule has 0 aromatic heterocycles. The number of likely N-dealkylation sites (tertiary alicyclic amines) is 1. The van der Waals surface area contributed by atoms with Crippen LogP contribution in [-0.2, 0) is 4.74 Å². The molecule has 0 aliphatic carbocycles. The number of ether oxygens (including phenoxy) is 1. The molecule has 1 aliphatic rings. The first kappa shape index (κ1) is 13.9. The SMILES string of the molecule is CCNC(CO)CN1CCC(C)C(OC)C1. The zero-order chi connectivity index (χ0) is 12.0. The maximum Gasteiger partial charge on any atom is 0.0724 e. The van der Waals surface area contributed by atoms with Gasteiger partial charge < -0.3 is 15.2 Å². The topological polar surface area (TPSA) is 44.7 Å². The maximum atomic E-state index is 9.24. The second-order valence-electron chi connectivity index (χ2n) is 4.74. The second kappa shape index (κ2) is 7.22. The summed E-state index contributed by atoms with van der Waals surface area (Å²) in [5, 5.41) is 12.5. The molecule has 1 rings (SSSR count). The van der Waals surface area contributed by atoms with Crippen molar-refractivity contribution in [2.24, 2.45) is 5.92 Å². The third kappa shape index (κ3) is 4.01. The van der Waals surface area contributed by atoms with Crippen LogP contribution in [0.3, 0.4) is 0 Å². The van der Waals surface area contributed by atoms with E-state index in [2.05, 4.69) is 24.1 Å². The lowest BCUT2D eigenvalue weighted by Gasteiger charge is -2.37. The minimum Gasteiger partial charge on any atom is -0.395 e. The monoisotopic (exact) mass is 230 g/mol. The van der Waals surface area contributed by atoms with Gasteiger partial charge in [0.05, 0.1) is 12.7 Å². The van der Waals surface area contributed by atoms with Crippen molar-refractivity contribution in [3.63, 3.8) is 0 Å². The molecule has 4 nitrogen and oxygen atoms in total. The van der Waals surface area contributed by atoms with Crippen LogP contribution >= 0.6 is 0 Å². The van der Waals surface area contributed by atoms with Gasteiger partial charge in [0.1, 0.15) is 0 Å². The Balaban J connectivity index is 2.36. The van der Waals surface area contributed by atoms with Crippen molar-refractivity contribution in [3.8, 4) is 0 Å². The first-order valence-electron chi connectivity index (χ1n) is 6.30. The molecule has 0 saturated carbocycles. The van der Waals surface area contributed by atoms with Crippen molar-refractivity contribution in [2.75, 3.05) is 39.9 Å². The van der Waals surface area contributed by atoms with Gasteiger partial charge >= 0.3 is 0 Å². The van der Waals surface area contributed by atoms with Gasteiger partial charge in [-0.2, -0.15) is 0 Å². The Bertz CT molecular complexity index is 190. The van der Waals surface area contributed by atoms with Gasteiger partial charge in [-0.25, -0.2) is 0 Å². The van der Waals surface area contributed by atoms with E-state index in [0.717, 1.165) is 26.2 Å². The highest BCUT2D eigenvalue weighted by molar-refractivity contribution is 4.81. The van der Waals surface area contributed by atoms with E-state index in [0.29, 0.717) is 12.0 Å². The van der Waals surface area contributed by atoms with Crippen molar-refractivity contribution in [2.45, 2.75) is 32.4 Å². The van der Waals surface area contributed by atoms with Crippen LogP contribution in [0.5, 0.6) is 0 Å². The quantitative estimate of drug-likeness (QED) is 0.689. The smallest absolute Gasteiger partial charge is 0.0724 e. The van der Waals surface area contributed by atoms with Crippen molar-refractivity contribution >= 4 is 0 Å². The van der Waals surface area contributed by atoms with Crippen LogP contribution in [-0.4, -0.2) is 62.0 Å². The van der Waals surface area contributed by atoms with Crippen LogP contribution in [0.15, 0.2) is 0 Å². The van der Waals surface area contributed by atoms with E-state index in [-0.39, 0.29) is 12.6 Å². The molecule has 3 atom stereocenters. The average Bonchev–Trinajstić information content (AvgIpc) is 2.30. The van der Waals surface area contributed by atoms with Gasteiger partial charge in [0.15, 0.2) is 0 Å². The van der Waals surface area contributed by atoms with E-state index in [4.69, 9.17) is 4.74 Å². The van der Waals surface area contributed by atoms with Crippen LogP contribution in [0.2, 0.25) is 0 Å². The number of nitrogens with one attached hydrogen (secondary N) is 1. The average molecular weight is 230 g/mol. The van der Waals surface area contributed by atoms with Gasteiger partial charge in [-0.3, -0.25) is 4.90 Å². The Morgan fingerprint density at radius 2 is 2.31 bits per heavy atom.